The maximum atomic E-state index is 12.0. The standard InChI is InChI=1S/C11H14BrN3O2S/c1-8(14)2-3-15-18(16,17)11-5-9(7-13)4-10(12)6-11/h4-6,8,15H,2-3,14H2,1H3. The van der Waals surface area contributed by atoms with E-state index in [9.17, 15) is 8.42 Å². The maximum absolute atomic E-state index is 12.0. The molecule has 0 aromatic heterocycles. The van der Waals surface area contributed by atoms with Gasteiger partial charge in [0, 0.05) is 17.1 Å². The van der Waals surface area contributed by atoms with Gasteiger partial charge in [-0.05, 0) is 31.5 Å². The Morgan fingerprint density at radius 1 is 1.50 bits per heavy atom. The van der Waals surface area contributed by atoms with Crippen LogP contribution in [0.4, 0.5) is 0 Å². The van der Waals surface area contributed by atoms with Crippen molar-refractivity contribution in [2.75, 3.05) is 6.54 Å². The van der Waals surface area contributed by atoms with Crippen LogP contribution in [0.5, 0.6) is 0 Å². The number of hydrogen-bond acceptors (Lipinski definition) is 4. The molecule has 98 valence electrons. The van der Waals surface area contributed by atoms with Crippen molar-refractivity contribution in [1.29, 1.82) is 5.26 Å². The summed E-state index contributed by atoms with van der Waals surface area (Å²) in [6.45, 7) is 2.08. The third kappa shape index (κ3) is 4.38. The summed E-state index contributed by atoms with van der Waals surface area (Å²) in [4.78, 5) is 0.0677. The molecule has 5 nitrogen and oxygen atoms in total. The van der Waals surface area contributed by atoms with E-state index in [2.05, 4.69) is 20.7 Å². The zero-order valence-electron chi connectivity index (χ0n) is 9.85. The molecule has 0 heterocycles. The Morgan fingerprint density at radius 3 is 2.72 bits per heavy atom. The first-order chi connectivity index (χ1) is 8.35. The number of benzene rings is 1. The Bertz CT molecular complexity index is 564. The third-order valence-electron chi connectivity index (χ3n) is 2.20. The summed E-state index contributed by atoms with van der Waals surface area (Å²) in [6.07, 6.45) is 0.554. The largest absolute Gasteiger partial charge is 0.328 e. The number of nitriles is 1. The highest BCUT2D eigenvalue weighted by molar-refractivity contribution is 9.10. The number of nitrogens with one attached hydrogen (secondary N) is 1. The zero-order valence-corrected chi connectivity index (χ0v) is 12.3. The molecule has 1 aromatic rings. The molecule has 1 unspecified atom stereocenters. The summed E-state index contributed by atoms with van der Waals surface area (Å²) in [5.41, 5.74) is 5.83. The molecule has 0 saturated carbocycles. The summed E-state index contributed by atoms with van der Waals surface area (Å²) in [5.74, 6) is 0. The number of halogens is 1. The lowest BCUT2D eigenvalue weighted by Gasteiger charge is -2.09. The van der Waals surface area contributed by atoms with Crippen LogP contribution < -0.4 is 10.5 Å². The van der Waals surface area contributed by atoms with Crippen molar-refractivity contribution in [3.05, 3.63) is 28.2 Å². The fourth-order valence-electron chi connectivity index (χ4n) is 1.29. The van der Waals surface area contributed by atoms with Gasteiger partial charge in [-0.3, -0.25) is 0 Å². The summed E-state index contributed by atoms with van der Waals surface area (Å²) in [5, 5.41) is 8.80. The second kappa shape index (κ2) is 6.29. The molecule has 1 atom stereocenters. The lowest BCUT2D eigenvalue weighted by molar-refractivity contribution is 0.571. The minimum atomic E-state index is -3.60. The first-order valence-electron chi connectivity index (χ1n) is 5.31. The third-order valence-corrected chi connectivity index (χ3v) is 4.10. The van der Waals surface area contributed by atoms with Crippen LogP contribution in [0.1, 0.15) is 18.9 Å². The van der Waals surface area contributed by atoms with E-state index in [1.54, 1.807) is 13.0 Å². The van der Waals surface area contributed by atoms with Crippen molar-refractivity contribution in [3.63, 3.8) is 0 Å². The van der Waals surface area contributed by atoms with Gasteiger partial charge in [-0.15, -0.1) is 0 Å². The fraction of sp³-hybridized carbons (Fsp3) is 0.364. The van der Waals surface area contributed by atoms with Gasteiger partial charge in [-0.2, -0.15) is 5.26 Å². The smallest absolute Gasteiger partial charge is 0.240 e. The van der Waals surface area contributed by atoms with E-state index in [1.165, 1.54) is 12.1 Å². The van der Waals surface area contributed by atoms with Crippen molar-refractivity contribution in [2.24, 2.45) is 5.73 Å². The van der Waals surface area contributed by atoms with E-state index in [4.69, 9.17) is 11.0 Å². The Morgan fingerprint density at radius 2 is 2.17 bits per heavy atom. The second-order valence-electron chi connectivity index (χ2n) is 3.95. The molecule has 0 fully saturated rings. The number of hydrogen-bond donors (Lipinski definition) is 2. The molecular weight excluding hydrogens is 318 g/mol. The molecule has 0 saturated heterocycles. The maximum Gasteiger partial charge on any atom is 0.240 e. The van der Waals surface area contributed by atoms with Gasteiger partial charge in [0.05, 0.1) is 16.5 Å². The van der Waals surface area contributed by atoms with Crippen molar-refractivity contribution in [3.8, 4) is 6.07 Å². The summed E-state index contributed by atoms with van der Waals surface area (Å²) < 4.78 is 26.9. The van der Waals surface area contributed by atoms with Crippen LogP contribution in [0, 0.1) is 11.3 Å². The SMILES string of the molecule is CC(N)CCNS(=O)(=O)c1cc(Br)cc(C#N)c1. The molecule has 0 amide bonds. The Labute approximate surface area is 115 Å². The molecular formula is C11H14BrN3O2S. The van der Waals surface area contributed by atoms with Crippen LogP contribution in [0.3, 0.4) is 0 Å². The number of nitrogens with zero attached hydrogens (tertiary/aromatic N) is 1. The molecule has 0 radical (unpaired) electrons. The molecule has 0 spiro atoms. The number of nitrogens with two attached hydrogens (primary N) is 1. The lowest BCUT2D eigenvalue weighted by Crippen LogP contribution is -2.29. The van der Waals surface area contributed by atoms with Gasteiger partial charge in [-0.25, -0.2) is 13.1 Å². The number of sulfonamides is 1. The molecule has 1 aromatic carbocycles. The van der Waals surface area contributed by atoms with Gasteiger partial charge >= 0.3 is 0 Å². The molecule has 18 heavy (non-hydrogen) atoms. The van der Waals surface area contributed by atoms with Gasteiger partial charge < -0.3 is 5.73 Å². The van der Waals surface area contributed by atoms with E-state index < -0.39 is 10.0 Å². The highest BCUT2D eigenvalue weighted by Gasteiger charge is 2.15. The van der Waals surface area contributed by atoms with Crippen molar-refractivity contribution >= 4 is 26.0 Å². The van der Waals surface area contributed by atoms with Crippen LogP contribution in [0.2, 0.25) is 0 Å². The highest BCUT2D eigenvalue weighted by Crippen LogP contribution is 2.19. The average Bonchev–Trinajstić information content (AvgIpc) is 2.27. The topological polar surface area (TPSA) is 96.0 Å². The first kappa shape index (κ1) is 15.1. The van der Waals surface area contributed by atoms with Gasteiger partial charge in [0.25, 0.3) is 0 Å². The Kier molecular flexibility index (Phi) is 5.28. The number of rotatable bonds is 5. The van der Waals surface area contributed by atoms with Gasteiger partial charge in [0.2, 0.25) is 10.0 Å². The van der Waals surface area contributed by atoms with Crippen LogP contribution in [0.15, 0.2) is 27.6 Å². The summed E-state index contributed by atoms with van der Waals surface area (Å²) >= 11 is 3.17. The quantitative estimate of drug-likeness (QED) is 0.850. The summed E-state index contributed by atoms with van der Waals surface area (Å²) in [7, 11) is -3.60. The minimum Gasteiger partial charge on any atom is -0.328 e. The van der Waals surface area contributed by atoms with Crippen molar-refractivity contribution in [2.45, 2.75) is 24.3 Å². The van der Waals surface area contributed by atoms with Gasteiger partial charge in [-0.1, -0.05) is 15.9 Å². The molecule has 0 aliphatic carbocycles. The fourth-order valence-corrected chi connectivity index (χ4v) is 3.05. The molecule has 0 bridgehead atoms. The van der Waals surface area contributed by atoms with E-state index in [1.807, 2.05) is 6.07 Å². The van der Waals surface area contributed by atoms with E-state index in [0.29, 0.717) is 10.9 Å². The van der Waals surface area contributed by atoms with Crippen molar-refractivity contribution in [1.82, 2.24) is 4.72 Å². The Balaban J connectivity index is 2.92. The zero-order chi connectivity index (χ0) is 13.8. The highest BCUT2D eigenvalue weighted by atomic mass is 79.9. The molecule has 1 rings (SSSR count). The molecule has 3 N–H and O–H groups in total. The van der Waals surface area contributed by atoms with Gasteiger partial charge in [0.1, 0.15) is 0 Å². The Hall–Kier alpha value is -0.940. The van der Waals surface area contributed by atoms with Crippen LogP contribution in [-0.4, -0.2) is 21.0 Å². The molecule has 7 heteroatoms. The monoisotopic (exact) mass is 331 g/mol. The van der Waals surface area contributed by atoms with Crippen LogP contribution in [0.25, 0.3) is 0 Å². The predicted molar refractivity (Wildman–Crippen MR) is 72.3 cm³/mol. The van der Waals surface area contributed by atoms with Crippen molar-refractivity contribution < 1.29 is 8.42 Å². The van der Waals surface area contributed by atoms with Crippen LogP contribution >= 0.6 is 15.9 Å². The molecule has 0 aliphatic rings. The van der Waals surface area contributed by atoms with E-state index in [0.717, 1.165) is 0 Å². The van der Waals surface area contributed by atoms with Crippen LogP contribution in [-0.2, 0) is 10.0 Å². The predicted octanol–water partition coefficient (Wildman–Crippen LogP) is 1.34. The minimum absolute atomic E-state index is 0.0649. The lowest BCUT2D eigenvalue weighted by atomic mass is 10.2. The van der Waals surface area contributed by atoms with E-state index in [-0.39, 0.29) is 23.0 Å². The summed E-state index contributed by atoms with van der Waals surface area (Å²) in [6, 6.07) is 6.19. The molecule has 0 aliphatic heterocycles. The normalized spacial score (nSPS) is 13.0. The van der Waals surface area contributed by atoms with Gasteiger partial charge in [0.15, 0.2) is 0 Å². The second-order valence-corrected chi connectivity index (χ2v) is 6.63. The van der Waals surface area contributed by atoms with E-state index >= 15 is 0 Å². The first-order valence-corrected chi connectivity index (χ1v) is 7.58. The average molecular weight is 332 g/mol.